The first kappa shape index (κ1) is 21.0. The predicted octanol–water partition coefficient (Wildman–Crippen LogP) is 2.24. The van der Waals surface area contributed by atoms with Crippen LogP contribution in [0, 0.1) is 5.82 Å². The lowest BCUT2D eigenvalue weighted by atomic mass is 10.1. The third-order valence-electron chi connectivity index (χ3n) is 4.45. The van der Waals surface area contributed by atoms with Gasteiger partial charge in [-0.3, -0.25) is 14.4 Å². The van der Waals surface area contributed by atoms with Crippen LogP contribution >= 0.6 is 7.60 Å². The summed E-state index contributed by atoms with van der Waals surface area (Å²) in [5, 5.41) is 11.7. The van der Waals surface area contributed by atoms with Crippen molar-refractivity contribution in [3.05, 3.63) is 42.3 Å². The van der Waals surface area contributed by atoms with Crippen molar-refractivity contribution in [2.24, 2.45) is 7.05 Å². The van der Waals surface area contributed by atoms with Gasteiger partial charge in [-0.1, -0.05) is 6.07 Å². The zero-order valence-electron chi connectivity index (χ0n) is 16.5. The molecule has 0 saturated carbocycles. The summed E-state index contributed by atoms with van der Waals surface area (Å²) in [4.78, 5) is 28.1. The van der Waals surface area contributed by atoms with E-state index in [-0.39, 0.29) is 13.2 Å². The number of aryl methyl sites for hydroxylation is 1. The maximum absolute atomic E-state index is 14.8. The van der Waals surface area contributed by atoms with Crippen molar-refractivity contribution < 1.29 is 27.9 Å². The summed E-state index contributed by atoms with van der Waals surface area (Å²) >= 11 is 0. The fourth-order valence-electron chi connectivity index (χ4n) is 3.02. The minimum Gasteiger partial charge on any atom is -0.441 e. The summed E-state index contributed by atoms with van der Waals surface area (Å²) in [7, 11) is -2.05. The zero-order valence-corrected chi connectivity index (χ0v) is 17.4. The van der Waals surface area contributed by atoms with E-state index in [2.05, 4.69) is 20.4 Å². The van der Waals surface area contributed by atoms with E-state index in [4.69, 9.17) is 9.26 Å². The quantitative estimate of drug-likeness (QED) is 0.564. The number of pyridine rings is 1. The first-order chi connectivity index (χ1) is 14.7. The van der Waals surface area contributed by atoms with Crippen molar-refractivity contribution in [3.63, 3.8) is 0 Å². The number of benzene rings is 1. The third-order valence-corrected chi connectivity index (χ3v) is 5.08. The van der Waals surface area contributed by atoms with Crippen molar-refractivity contribution in [1.29, 1.82) is 0 Å². The second kappa shape index (κ2) is 8.14. The number of amides is 1. The highest BCUT2D eigenvalue weighted by Gasteiger charge is 2.34. The number of carbonyl (C=O) groups is 1. The van der Waals surface area contributed by atoms with Crippen molar-refractivity contribution in [1.82, 2.24) is 25.2 Å². The predicted molar refractivity (Wildman–Crippen MR) is 107 cm³/mol. The molecule has 0 aliphatic carbocycles. The zero-order chi connectivity index (χ0) is 22.2. The number of aromatic nitrogens is 5. The number of hydrogen-bond donors (Lipinski definition) is 1. The molecule has 0 bridgehead atoms. The van der Waals surface area contributed by atoms with Gasteiger partial charge in [0.05, 0.1) is 25.9 Å². The minimum absolute atomic E-state index is 0.0684. The Hall–Kier alpha value is -3.21. The molecule has 0 spiro atoms. The first-order valence-electron chi connectivity index (χ1n) is 9.13. The van der Waals surface area contributed by atoms with E-state index < -0.39 is 25.6 Å². The van der Waals surface area contributed by atoms with Crippen LogP contribution in [0.5, 0.6) is 0 Å². The Morgan fingerprint density at radius 2 is 2.16 bits per heavy atom. The van der Waals surface area contributed by atoms with Gasteiger partial charge in [0.15, 0.2) is 0 Å². The molecule has 1 N–H and O–H groups in total. The van der Waals surface area contributed by atoms with Gasteiger partial charge in [-0.2, -0.15) is 4.80 Å². The molecule has 1 aliphatic heterocycles. The molecule has 13 heteroatoms. The molecule has 162 valence electrons. The molecule has 2 aromatic heterocycles. The van der Waals surface area contributed by atoms with Crippen molar-refractivity contribution in [2.75, 3.05) is 24.7 Å². The van der Waals surface area contributed by atoms with Crippen LogP contribution in [-0.4, -0.2) is 62.1 Å². The van der Waals surface area contributed by atoms with Gasteiger partial charge in [0.2, 0.25) is 5.82 Å². The van der Waals surface area contributed by atoms with Gasteiger partial charge in [-0.15, -0.1) is 10.2 Å². The lowest BCUT2D eigenvalue weighted by molar-refractivity contribution is 0.100. The van der Waals surface area contributed by atoms with E-state index in [9.17, 15) is 18.6 Å². The summed E-state index contributed by atoms with van der Waals surface area (Å²) < 4.78 is 36.0. The Morgan fingerprint density at radius 1 is 1.35 bits per heavy atom. The lowest BCUT2D eigenvalue weighted by Gasteiger charge is -2.14. The van der Waals surface area contributed by atoms with Gasteiger partial charge >= 0.3 is 13.7 Å². The molecule has 1 aliphatic rings. The summed E-state index contributed by atoms with van der Waals surface area (Å²) in [6.07, 6.45) is 0.0772. The van der Waals surface area contributed by atoms with Crippen molar-refractivity contribution >= 4 is 19.4 Å². The molecule has 4 rings (SSSR count). The second-order valence-electron chi connectivity index (χ2n) is 6.91. The number of hydrogen-bond acceptors (Lipinski definition) is 8. The van der Waals surface area contributed by atoms with Crippen LogP contribution in [0.2, 0.25) is 0 Å². The van der Waals surface area contributed by atoms with Crippen LogP contribution in [0.1, 0.15) is 0 Å². The van der Waals surface area contributed by atoms with Crippen LogP contribution in [0.4, 0.5) is 14.9 Å². The topological polar surface area (TPSA) is 133 Å². The highest BCUT2D eigenvalue weighted by molar-refractivity contribution is 7.51. The monoisotopic (exact) mass is 448 g/mol. The van der Waals surface area contributed by atoms with Crippen LogP contribution < -0.4 is 4.90 Å². The molecule has 11 nitrogen and oxygen atoms in total. The Kier molecular flexibility index (Phi) is 5.52. The smallest absolute Gasteiger partial charge is 0.414 e. The fourth-order valence-corrected chi connectivity index (χ4v) is 3.46. The van der Waals surface area contributed by atoms with Gasteiger partial charge in [0, 0.05) is 24.0 Å². The first-order valence-corrected chi connectivity index (χ1v) is 11.2. The Morgan fingerprint density at radius 3 is 2.77 bits per heavy atom. The molecule has 1 saturated heterocycles. The second-order valence-corrected chi connectivity index (χ2v) is 8.78. The molecule has 3 heterocycles. The Balaban J connectivity index is 1.49. The van der Waals surface area contributed by atoms with E-state index in [0.717, 1.165) is 6.66 Å². The maximum atomic E-state index is 14.8. The van der Waals surface area contributed by atoms with Gasteiger partial charge in [0.25, 0.3) is 0 Å². The molecule has 3 aromatic rings. The highest BCUT2D eigenvalue weighted by Crippen LogP contribution is 2.37. The fraction of sp³-hybridized carbons (Fsp3) is 0.278. The minimum atomic E-state index is -3.69. The number of rotatable bonds is 6. The summed E-state index contributed by atoms with van der Waals surface area (Å²) in [5.74, 6) is -0.192. The van der Waals surface area contributed by atoms with E-state index in [1.54, 1.807) is 25.2 Å². The van der Waals surface area contributed by atoms with E-state index in [1.165, 1.54) is 28.0 Å². The number of cyclic esters (lactones) is 1. The molecule has 1 aromatic carbocycles. The van der Waals surface area contributed by atoms with Gasteiger partial charge in [0.1, 0.15) is 17.6 Å². The average molecular weight is 448 g/mol. The van der Waals surface area contributed by atoms with Crippen LogP contribution in [-0.2, 0) is 20.9 Å². The number of halogens is 1. The molecular formula is C18H18FN6O5P. The average Bonchev–Trinajstić information content (AvgIpc) is 3.31. The third kappa shape index (κ3) is 4.76. The number of anilines is 1. The molecule has 0 radical (unpaired) electrons. The highest BCUT2D eigenvalue weighted by atomic mass is 31.2. The van der Waals surface area contributed by atoms with Crippen LogP contribution in [0.3, 0.4) is 0 Å². The number of ether oxygens (including phenoxy) is 1. The SMILES string of the molecule is Cn1nnc(-c2ccc(-c3ccc(N4CC(COP(C)(=O)O)OC4=O)cc3F)cn2)n1. The summed E-state index contributed by atoms with van der Waals surface area (Å²) in [6.45, 7) is 0.880. The largest absolute Gasteiger partial charge is 0.441 e. The lowest BCUT2D eigenvalue weighted by Crippen LogP contribution is -2.25. The number of tetrazole rings is 1. The molecule has 1 amide bonds. The van der Waals surface area contributed by atoms with Crippen LogP contribution in [0.25, 0.3) is 22.6 Å². The number of nitrogens with zero attached hydrogens (tertiary/aromatic N) is 6. The summed E-state index contributed by atoms with van der Waals surface area (Å²) in [6, 6.07) is 7.68. The molecule has 2 atom stereocenters. The van der Waals surface area contributed by atoms with E-state index in [0.29, 0.717) is 28.3 Å². The van der Waals surface area contributed by atoms with E-state index in [1.807, 2.05) is 0 Å². The molecule has 31 heavy (non-hydrogen) atoms. The molecular weight excluding hydrogens is 430 g/mol. The summed E-state index contributed by atoms with van der Waals surface area (Å²) in [5.41, 5.74) is 1.63. The van der Waals surface area contributed by atoms with Crippen molar-refractivity contribution in [3.8, 4) is 22.6 Å². The Labute approximate surface area is 176 Å². The normalized spacial score (nSPS) is 18.1. The van der Waals surface area contributed by atoms with Crippen LogP contribution in [0.15, 0.2) is 36.5 Å². The standard InChI is InChI=1S/C18H18FN6O5P/c1-24-22-17(21-23-24)16-6-3-11(8-20-16)14-5-4-12(7-15(14)19)25-9-13(30-18(25)26)10-29-31(2,27)28/h3-8,13H,9-10H2,1-2H3,(H,27,28). The van der Waals surface area contributed by atoms with E-state index >= 15 is 0 Å². The van der Waals surface area contributed by atoms with Gasteiger partial charge < -0.3 is 14.2 Å². The molecule has 1 fully saturated rings. The molecule has 2 unspecified atom stereocenters. The maximum Gasteiger partial charge on any atom is 0.414 e. The Bertz CT molecular complexity index is 1160. The van der Waals surface area contributed by atoms with Gasteiger partial charge in [-0.05, 0) is 29.5 Å². The number of carbonyl (C=O) groups excluding carboxylic acids is 1. The van der Waals surface area contributed by atoms with Gasteiger partial charge in [-0.25, -0.2) is 9.18 Å². The van der Waals surface area contributed by atoms with Crippen molar-refractivity contribution in [2.45, 2.75) is 6.10 Å².